The van der Waals surface area contributed by atoms with Crippen LogP contribution in [-0.2, 0) is 4.79 Å². The van der Waals surface area contributed by atoms with E-state index in [1.165, 1.54) is 12.8 Å². The summed E-state index contributed by atoms with van der Waals surface area (Å²) in [4.78, 5) is 11.6. The molecule has 1 aromatic rings. The van der Waals surface area contributed by atoms with Crippen LogP contribution in [0.3, 0.4) is 0 Å². The van der Waals surface area contributed by atoms with Gasteiger partial charge in [0.25, 0.3) is 5.91 Å². The second-order valence-corrected chi connectivity index (χ2v) is 5.20. The Labute approximate surface area is 130 Å². The molecule has 1 aliphatic rings. The Balaban J connectivity index is 0.00000200. The molecule has 1 heterocycles. The lowest BCUT2D eigenvalue weighted by Gasteiger charge is -2.22. The molecule has 4 nitrogen and oxygen atoms in total. The minimum absolute atomic E-state index is 0. The van der Waals surface area contributed by atoms with Crippen molar-refractivity contribution in [1.82, 2.24) is 10.6 Å². The molecule has 1 unspecified atom stereocenters. The zero-order valence-corrected chi connectivity index (χ0v) is 12.8. The number of benzene rings is 1. The van der Waals surface area contributed by atoms with Crippen molar-refractivity contribution in [2.24, 2.45) is 5.92 Å². The second kappa shape index (κ2) is 9.06. The van der Waals surface area contributed by atoms with Crippen LogP contribution in [-0.4, -0.2) is 32.1 Å². The average Bonchev–Trinajstić information content (AvgIpc) is 2.45. The lowest BCUT2D eigenvalue weighted by molar-refractivity contribution is -0.123. The number of carbonyl (C=O) groups excluding carboxylic acids is 1. The van der Waals surface area contributed by atoms with Crippen molar-refractivity contribution in [2.45, 2.75) is 12.8 Å². The first-order chi connectivity index (χ1) is 9.24. The van der Waals surface area contributed by atoms with E-state index in [4.69, 9.17) is 16.3 Å². The monoisotopic (exact) mass is 318 g/mol. The molecule has 0 aromatic heterocycles. The number of carbonyl (C=O) groups is 1. The first-order valence-electron chi connectivity index (χ1n) is 6.60. The van der Waals surface area contributed by atoms with Crippen LogP contribution in [0.2, 0.25) is 5.02 Å². The summed E-state index contributed by atoms with van der Waals surface area (Å²) < 4.78 is 5.38. The molecule has 1 aromatic carbocycles. The smallest absolute Gasteiger partial charge is 0.257 e. The fourth-order valence-corrected chi connectivity index (χ4v) is 2.21. The van der Waals surface area contributed by atoms with Crippen molar-refractivity contribution in [3.8, 4) is 5.75 Å². The predicted molar refractivity (Wildman–Crippen MR) is 82.8 cm³/mol. The van der Waals surface area contributed by atoms with E-state index in [-0.39, 0.29) is 24.9 Å². The lowest BCUT2D eigenvalue weighted by atomic mass is 10.00. The number of halogens is 2. The van der Waals surface area contributed by atoms with Gasteiger partial charge in [0.1, 0.15) is 5.75 Å². The van der Waals surface area contributed by atoms with E-state index < -0.39 is 0 Å². The van der Waals surface area contributed by atoms with Crippen molar-refractivity contribution in [2.75, 3.05) is 26.2 Å². The van der Waals surface area contributed by atoms with Crippen molar-refractivity contribution in [3.05, 3.63) is 29.3 Å². The Bertz CT molecular complexity index is 406. The van der Waals surface area contributed by atoms with E-state index in [1.54, 1.807) is 24.3 Å². The predicted octanol–water partition coefficient (Wildman–Crippen LogP) is 2.26. The number of amides is 1. The summed E-state index contributed by atoms with van der Waals surface area (Å²) in [6, 6.07) is 6.98. The maximum Gasteiger partial charge on any atom is 0.257 e. The number of rotatable bonds is 5. The summed E-state index contributed by atoms with van der Waals surface area (Å²) in [5.74, 6) is 1.10. The summed E-state index contributed by atoms with van der Waals surface area (Å²) in [5, 5.41) is 6.88. The zero-order valence-electron chi connectivity index (χ0n) is 11.2. The third kappa shape index (κ3) is 5.99. The molecular weight excluding hydrogens is 299 g/mol. The number of ether oxygens (including phenoxy) is 1. The van der Waals surface area contributed by atoms with Gasteiger partial charge in [0, 0.05) is 11.6 Å². The third-order valence-electron chi connectivity index (χ3n) is 3.17. The van der Waals surface area contributed by atoms with Crippen LogP contribution in [0, 0.1) is 5.92 Å². The van der Waals surface area contributed by atoms with E-state index in [0.29, 0.717) is 16.7 Å². The van der Waals surface area contributed by atoms with Gasteiger partial charge < -0.3 is 15.4 Å². The summed E-state index contributed by atoms with van der Waals surface area (Å²) >= 11 is 5.77. The fraction of sp³-hybridized carbons (Fsp3) is 0.500. The molecule has 20 heavy (non-hydrogen) atoms. The minimum atomic E-state index is -0.0828. The van der Waals surface area contributed by atoms with E-state index in [1.807, 2.05) is 0 Å². The topological polar surface area (TPSA) is 50.4 Å². The quantitative estimate of drug-likeness (QED) is 0.875. The van der Waals surface area contributed by atoms with Gasteiger partial charge in [-0.15, -0.1) is 12.4 Å². The molecule has 1 saturated heterocycles. The van der Waals surface area contributed by atoms with Crippen LogP contribution in [0.25, 0.3) is 0 Å². The Morgan fingerprint density at radius 1 is 1.40 bits per heavy atom. The maximum atomic E-state index is 11.6. The normalized spacial score (nSPS) is 17.9. The van der Waals surface area contributed by atoms with Gasteiger partial charge in [-0.3, -0.25) is 4.79 Å². The van der Waals surface area contributed by atoms with Crippen LogP contribution in [0.5, 0.6) is 5.75 Å². The summed E-state index contributed by atoms with van der Waals surface area (Å²) in [5.41, 5.74) is 0. The Morgan fingerprint density at radius 3 is 2.80 bits per heavy atom. The molecule has 0 radical (unpaired) electrons. The highest BCUT2D eigenvalue weighted by Gasteiger charge is 2.13. The highest BCUT2D eigenvalue weighted by molar-refractivity contribution is 6.30. The van der Waals surface area contributed by atoms with Crippen LogP contribution in [0.4, 0.5) is 0 Å². The van der Waals surface area contributed by atoms with Crippen LogP contribution < -0.4 is 15.4 Å². The molecule has 0 bridgehead atoms. The fourth-order valence-electron chi connectivity index (χ4n) is 2.09. The second-order valence-electron chi connectivity index (χ2n) is 4.76. The molecule has 1 fully saturated rings. The minimum Gasteiger partial charge on any atom is -0.484 e. The Kier molecular flexibility index (Phi) is 7.73. The average molecular weight is 319 g/mol. The zero-order chi connectivity index (χ0) is 13.5. The van der Waals surface area contributed by atoms with Gasteiger partial charge in [-0.05, 0) is 56.1 Å². The number of hydrogen-bond acceptors (Lipinski definition) is 3. The van der Waals surface area contributed by atoms with Crippen molar-refractivity contribution in [1.29, 1.82) is 0 Å². The van der Waals surface area contributed by atoms with E-state index >= 15 is 0 Å². The van der Waals surface area contributed by atoms with Gasteiger partial charge in [-0.2, -0.15) is 0 Å². The number of nitrogens with one attached hydrogen (secondary N) is 2. The molecule has 0 spiro atoms. The lowest BCUT2D eigenvalue weighted by Crippen LogP contribution is -2.39. The highest BCUT2D eigenvalue weighted by atomic mass is 35.5. The van der Waals surface area contributed by atoms with Gasteiger partial charge in [0.15, 0.2) is 6.61 Å². The molecule has 1 amide bonds. The van der Waals surface area contributed by atoms with E-state index in [0.717, 1.165) is 19.6 Å². The van der Waals surface area contributed by atoms with Crippen LogP contribution >= 0.6 is 24.0 Å². The molecule has 1 aliphatic heterocycles. The first-order valence-corrected chi connectivity index (χ1v) is 6.97. The van der Waals surface area contributed by atoms with Crippen LogP contribution in [0.15, 0.2) is 24.3 Å². The van der Waals surface area contributed by atoms with Gasteiger partial charge in [-0.25, -0.2) is 0 Å². The highest BCUT2D eigenvalue weighted by Crippen LogP contribution is 2.15. The first kappa shape index (κ1) is 17.1. The van der Waals surface area contributed by atoms with Gasteiger partial charge in [0.2, 0.25) is 0 Å². The number of hydrogen-bond donors (Lipinski definition) is 2. The summed E-state index contributed by atoms with van der Waals surface area (Å²) in [7, 11) is 0. The molecule has 2 N–H and O–H groups in total. The van der Waals surface area contributed by atoms with Crippen LogP contribution in [0.1, 0.15) is 12.8 Å². The molecule has 1 atom stereocenters. The molecule has 6 heteroatoms. The summed E-state index contributed by atoms with van der Waals surface area (Å²) in [6.07, 6.45) is 2.35. The molecule has 0 saturated carbocycles. The maximum absolute atomic E-state index is 11.6. The van der Waals surface area contributed by atoms with Crippen molar-refractivity contribution >= 4 is 29.9 Å². The summed E-state index contributed by atoms with van der Waals surface area (Å²) in [6.45, 7) is 2.83. The number of piperidine rings is 1. The van der Waals surface area contributed by atoms with Gasteiger partial charge >= 0.3 is 0 Å². The molecule has 112 valence electrons. The van der Waals surface area contributed by atoms with E-state index in [2.05, 4.69) is 10.6 Å². The Hall–Kier alpha value is -0.970. The standard InChI is InChI=1S/C14H19ClN2O2.ClH/c15-12-3-5-13(6-4-12)19-10-14(18)17-9-11-2-1-7-16-8-11;/h3-6,11,16H,1-2,7-10H2,(H,17,18);1H. The molecule has 2 rings (SSSR count). The van der Waals surface area contributed by atoms with Gasteiger partial charge in [0.05, 0.1) is 0 Å². The Morgan fingerprint density at radius 2 is 2.15 bits per heavy atom. The SMILES string of the molecule is Cl.O=C(COc1ccc(Cl)cc1)NCC1CCCNC1. The van der Waals surface area contributed by atoms with E-state index in [9.17, 15) is 4.79 Å². The van der Waals surface area contributed by atoms with Crippen molar-refractivity contribution < 1.29 is 9.53 Å². The molecule has 0 aliphatic carbocycles. The van der Waals surface area contributed by atoms with Crippen molar-refractivity contribution in [3.63, 3.8) is 0 Å². The third-order valence-corrected chi connectivity index (χ3v) is 3.42. The molecular formula is C14H20Cl2N2O2. The van der Waals surface area contributed by atoms with Gasteiger partial charge in [-0.1, -0.05) is 11.6 Å². The largest absolute Gasteiger partial charge is 0.484 e.